The van der Waals surface area contributed by atoms with Crippen molar-refractivity contribution in [3.8, 4) is 28.7 Å². The van der Waals surface area contributed by atoms with E-state index >= 15 is 0 Å². The molecule has 0 amide bonds. The fraction of sp³-hybridized carbons (Fsp3) is 0.0476. The Hall–Kier alpha value is -4.00. The molecule has 7 nitrogen and oxygen atoms in total. The lowest BCUT2D eigenvalue weighted by Gasteiger charge is -2.36. The van der Waals surface area contributed by atoms with Gasteiger partial charge in [-0.15, -0.1) is 0 Å². The second-order valence-corrected chi connectivity index (χ2v) is 6.46. The number of esters is 1. The van der Waals surface area contributed by atoms with Crippen LogP contribution < -0.4 is 9.47 Å². The number of aromatic hydroxyl groups is 2. The van der Waals surface area contributed by atoms with E-state index < -0.39 is 11.6 Å². The van der Waals surface area contributed by atoms with Gasteiger partial charge in [0.25, 0.3) is 6.47 Å². The zero-order chi connectivity index (χ0) is 19.5. The number of hydrogen-bond donors (Lipinski definition) is 2. The number of carbonyl (C=O) groups is 2. The molecule has 2 heterocycles. The summed E-state index contributed by atoms with van der Waals surface area (Å²) in [5.41, 5.74) is 0.411. The van der Waals surface area contributed by atoms with Crippen molar-refractivity contribution in [1.29, 1.82) is 0 Å². The van der Waals surface area contributed by atoms with E-state index in [4.69, 9.17) is 14.2 Å². The van der Waals surface area contributed by atoms with Crippen molar-refractivity contribution in [3.63, 3.8) is 0 Å². The molecule has 0 saturated heterocycles. The van der Waals surface area contributed by atoms with Gasteiger partial charge in [0.1, 0.15) is 28.7 Å². The van der Waals surface area contributed by atoms with E-state index in [1.807, 2.05) is 0 Å². The third-order valence-corrected chi connectivity index (χ3v) is 4.93. The average molecular weight is 376 g/mol. The SMILES string of the molecule is O=COc1ccc2c(c1)C1(OC2=O)c2ccc(O)cc2Oc2cc(O)ccc21. The summed E-state index contributed by atoms with van der Waals surface area (Å²) in [5.74, 6) is 0.201. The first kappa shape index (κ1) is 16.2. The molecule has 0 saturated carbocycles. The fourth-order valence-corrected chi connectivity index (χ4v) is 3.81. The summed E-state index contributed by atoms with van der Waals surface area (Å²) in [5, 5.41) is 19.8. The van der Waals surface area contributed by atoms with Crippen molar-refractivity contribution in [3.05, 3.63) is 76.9 Å². The molecular formula is C21H12O7. The number of hydrogen-bond acceptors (Lipinski definition) is 7. The number of fused-ring (bicyclic) bond motifs is 6. The largest absolute Gasteiger partial charge is 0.508 e. The normalized spacial score (nSPS) is 15.1. The van der Waals surface area contributed by atoms with E-state index in [1.54, 1.807) is 18.2 Å². The molecular weight excluding hydrogens is 364 g/mol. The third kappa shape index (κ3) is 2.04. The van der Waals surface area contributed by atoms with Crippen molar-refractivity contribution >= 4 is 12.4 Å². The maximum absolute atomic E-state index is 12.7. The quantitative estimate of drug-likeness (QED) is 0.523. The van der Waals surface area contributed by atoms with Crippen LogP contribution in [0.1, 0.15) is 27.0 Å². The highest BCUT2D eigenvalue weighted by Crippen LogP contribution is 2.57. The third-order valence-electron chi connectivity index (χ3n) is 4.93. The minimum absolute atomic E-state index is 0.0277. The van der Waals surface area contributed by atoms with Crippen LogP contribution in [0.15, 0.2) is 54.6 Å². The summed E-state index contributed by atoms with van der Waals surface area (Å²) < 4.78 is 16.7. The molecule has 2 N–H and O–H groups in total. The molecule has 28 heavy (non-hydrogen) atoms. The van der Waals surface area contributed by atoms with E-state index in [0.29, 0.717) is 28.7 Å². The summed E-state index contributed by atoms with van der Waals surface area (Å²) in [4.78, 5) is 23.5. The second-order valence-electron chi connectivity index (χ2n) is 6.46. The van der Waals surface area contributed by atoms with Crippen molar-refractivity contribution in [2.24, 2.45) is 0 Å². The summed E-state index contributed by atoms with van der Waals surface area (Å²) in [6.45, 7) is 0.300. The molecule has 0 atom stereocenters. The van der Waals surface area contributed by atoms with Gasteiger partial charge in [0.2, 0.25) is 0 Å². The Kier molecular flexibility index (Phi) is 3.18. The molecule has 0 aliphatic carbocycles. The summed E-state index contributed by atoms with van der Waals surface area (Å²) in [6.07, 6.45) is 0. The highest BCUT2D eigenvalue weighted by atomic mass is 16.6. The molecule has 7 heteroatoms. The Labute approximate surface area is 158 Å². The fourth-order valence-electron chi connectivity index (χ4n) is 3.81. The highest BCUT2D eigenvalue weighted by molar-refractivity contribution is 5.97. The van der Waals surface area contributed by atoms with Gasteiger partial charge >= 0.3 is 5.97 Å². The molecule has 1 spiro atoms. The van der Waals surface area contributed by atoms with Crippen molar-refractivity contribution in [2.45, 2.75) is 5.60 Å². The number of benzene rings is 3. The molecule has 0 unspecified atom stereocenters. The number of carbonyl (C=O) groups excluding carboxylic acids is 2. The first-order valence-corrected chi connectivity index (χ1v) is 8.36. The molecule has 3 aromatic carbocycles. The molecule has 0 bridgehead atoms. The smallest absolute Gasteiger partial charge is 0.340 e. The van der Waals surface area contributed by atoms with Crippen LogP contribution in [0, 0.1) is 0 Å². The zero-order valence-electron chi connectivity index (χ0n) is 14.2. The average Bonchev–Trinajstić information content (AvgIpc) is 2.94. The van der Waals surface area contributed by atoms with Crippen LogP contribution in [0.2, 0.25) is 0 Å². The Bertz CT molecular complexity index is 1110. The maximum Gasteiger partial charge on any atom is 0.340 e. The van der Waals surface area contributed by atoms with Crippen LogP contribution in [0.3, 0.4) is 0 Å². The monoisotopic (exact) mass is 376 g/mol. The van der Waals surface area contributed by atoms with E-state index in [9.17, 15) is 19.8 Å². The Morgan fingerprint density at radius 3 is 2.11 bits per heavy atom. The molecule has 0 radical (unpaired) electrons. The number of phenols is 2. The predicted molar refractivity (Wildman–Crippen MR) is 94.7 cm³/mol. The maximum atomic E-state index is 12.7. The predicted octanol–water partition coefficient (Wildman–Crippen LogP) is 3.20. The minimum Gasteiger partial charge on any atom is -0.508 e. The first-order valence-electron chi connectivity index (χ1n) is 8.36. The Balaban J connectivity index is 1.87. The first-order chi connectivity index (χ1) is 13.5. The lowest BCUT2D eigenvalue weighted by atomic mass is 9.77. The lowest BCUT2D eigenvalue weighted by molar-refractivity contribution is -0.120. The molecule has 3 aromatic rings. The molecule has 0 fully saturated rings. The van der Waals surface area contributed by atoms with Crippen LogP contribution in [0.5, 0.6) is 28.7 Å². The van der Waals surface area contributed by atoms with Crippen LogP contribution >= 0.6 is 0 Å². The minimum atomic E-state index is -1.38. The Morgan fingerprint density at radius 2 is 1.50 bits per heavy atom. The van der Waals surface area contributed by atoms with Gasteiger partial charge in [0.15, 0.2) is 5.60 Å². The van der Waals surface area contributed by atoms with Crippen molar-refractivity contribution in [1.82, 2.24) is 0 Å². The second kappa shape index (κ2) is 5.50. The number of ether oxygens (including phenoxy) is 3. The molecule has 138 valence electrons. The van der Waals surface area contributed by atoms with Gasteiger partial charge in [-0.25, -0.2) is 4.79 Å². The summed E-state index contributed by atoms with van der Waals surface area (Å²) >= 11 is 0. The van der Waals surface area contributed by atoms with Crippen LogP contribution in [-0.2, 0) is 15.1 Å². The van der Waals surface area contributed by atoms with Gasteiger partial charge < -0.3 is 24.4 Å². The zero-order valence-corrected chi connectivity index (χ0v) is 14.2. The van der Waals surface area contributed by atoms with Crippen LogP contribution in [0.25, 0.3) is 0 Å². The van der Waals surface area contributed by atoms with Crippen molar-refractivity contribution < 1.29 is 34.0 Å². The standard InChI is InChI=1S/C21H12O7/c22-10-26-13-3-4-14-17(9-13)21(28-20(14)25)15-5-1-11(23)7-18(15)27-19-8-12(24)2-6-16(19)21/h1-10,23-24H. The van der Waals surface area contributed by atoms with E-state index in [2.05, 4.69) is 0 Å². The number of phenolic OH excluding ortho intramolecular Hbond substituents is 2. The van der Waals surface area contributed by atoms with E-state index in [1.165, 1.54) is 36.4 Å². The molecule has 2 aliphatic rings. The Morgan fingerprint density at radius 1 is 0.857 bits per heavy atom. The molecule has 2 aliphatic heterocycles. The van der Waals surface area contributed by atoms with Crippen LogP contribution in [0.4, 0.5) is 0 Å². The van der Waals surface area contributed by atoms with Gasteiger partial charge in [-0.3, -0.25) is 4.79 Å². The van der Waals surface area contributed by atoms with Crippen LogP contribution in [-0.4, -0.2) is 22.7 Å². The van der Waals surface area contributed by atoms with E-state index in [-0.39, 0.29) is 28.7 Å². The number of rotatable bonds is 2. The van der Waals surface area contributed by atoms with Gasteiger partial charge in [0.05, 0.1) is 5.56 Å². The van der Waals surface area contributed by atoms with Gasteiger partial charge in [-0.05, 0) is 42.5 Å². The van der Waals surface area contributed by atoms with E-state index in [0.717, 1.165) is 0 Å². The summed E-state index contributed by atoms with van der Waals surface area (Å²) in [7, 11) is 0. The van der Waals surface area contributed by atoms with Gasteiger partial charge in [-0.1, -0.05) is 0 Å². The van der Waals surface area contributed by atoms with Gasteiger partial charge in [0, 0.05) is 28.8 Å². The highest BCUT2D eigenvalue weighted by Gasteiger charge is 2.53. The topological polar surface area (TPSA) is 102 Å². The summed E-state index contributed by atoms with van der Waals surface area (Å²) in [6, 6.07) is 13.5. The molecule has 5 rings (SSSR count). The van der Waals surface area contributed by atoms with Gasteiger partial charge in [-0.2, -0.15) is 0 Å². The van der Waals surface area contributed by atoms with Crippen molar-refractivity contribution in [2.75, 3.05) is 0 Å². The molecule has 0 aromatic heterocycles. The lowest BCUT2D eigenvalue weighted by Crippen LogP contribution is -2.32.